The Hall–Kier alpha value is -2.82. The third-order valence-corrected chi connectivity index (χ3v) is 5.38. The van der Waals surface area contributed by atoms with E-state index in [0.717, 1.165) is 31.3 Å². The molecule has 0 N–H and O–H groups in total. The zero-order chi connectivity index (χ0) is 19.0. The summed E-state index contributed by atoms with van der Waals surface area (Å²) in [4.78, 5) is 12.3. The predicted molar refractivity (Wildman–Crippen MR) is 94.3 cm³/mol. The van der Waals surface area contributed by atoms with Crippen molar-refractivity contribution in [2.24, 2.45) is 5.92 Å². The van der Waals surface area contributed by atoms with Crippen molar-refractivity contribution in [3.63, 3.8) is 0 Å². The van der Waals surface area contributed by atoms with Gasteiger partial charge in [0.15, 0.2) is 0 Å². The van der Waals surface area contributed by atoms with E-state index < -0.39 is 11.9 Å². The zero-order valence-corrected chi connectivity index (χ0v) is 14.5. The lowest BCUT2D eigenvalue weighted by molar-refractivity contribution is -0.141. The third-order valence-electron chi connectivity index (χ3n) is 5.38. The Labute approximate surface area is 155 Å². The van der Waals surface area contributed by atoms with Crippen LogP contribution in [0.15, 0.2) is 36.5 Å². The number of halogens is 3. The van der Waals surface area contributed by atoms with Crippen LogP contribution in [-0.2, 0) is 6.18 Å². The van der Waals surface area contributed by atoms with Crippen molar-refractivity contribution in [3.05, 3.63) is 47.8 Å². The van der Waals surface area contributed by atoms with Gasteiger partial charge in [0.1, 0.15) is 17.3 Å². The molecule has 0 bridgehead atoms. The topological polar surface area (TPSA) is 56.1 Å². The maximum Gasteiger partial charge on any atom is 0.433 e. The molecular weight excluding hydrogens is 355 g/mol. The molecule has 2 aliphatic rings. The standard InChI is InChI=1S/C19H18F3N5/c20-19(21,22)16-2-1-3-17(25-16)26-8-5-14-6-9-27(15(14)12-26)18-10-13(11-23)4-7-24-18/h1-4,7,10,14-15H,5-6,8-9,12H2. The van der Waals surface area contributed by atoms with Crippen molar-refractivity contribution < 1.29 is 13.2 Å². The molecule has 4 heterocycles. The van der Waals surface area contributed by atoms with Gasteiger partial charge in [0.05, 0.1) is 17.7 Å². The second-order valence-corrected chi connectivity index (χ2v) is 6.94. The van der Waals surface area contributed by atoms with Crippen molar-refractivity contribution in [1.29, 1.82) is 5.26 Å². The van der Waals surface area contributed by atoms with E-state index in [4.69, 9.17) is 5.26 Å². The van der Waals surface area contributed by atoms with Gasteiger partial charge in [-0.25, -0.2) is 9.97 Å². The quantitative estimate of drug-likeness (QED) is 0.807. The van der Waals surface area contributed by atoms with Crippen LogP contribution in [-0.4, -0.2) is 35.6 Å². The van der Waals surface area contributed by atoms with Gasteiger partial charge in [0, 0.05) is 25.8 Å². The van der Waals surface area contributed by atoms with Gasteiger partial charge in [-0.3, -0.25) is 0 Å². The van der Waals surface area contributed by atoms with E-state index in [1.165, 1.54) is 6.07 Å². The normalized spacial score (nSPS) is 22.4. The number of nitrogens with zero attached hydrogens (tertiary/aromatic N) is 5. The Kier molecular flexibility index (Phi) is 4.38. The first-order valence-electron chi connectivity index (χ1n) is 8.88. The number of alkyl halides is 3. The minimum absolute atomic E-state index is 0.150. The smallest absolute Gasteiger partial charge is 0.355 e. The van der Waals surface area contributed by atoms with Crippen LogP contribution in [0.25, 0.3) is 0 Å². The Balaban J connectivity index is 1.57. The Bertz CT molecular complexity index is 876. The van der Waals surface area contributed by atoms with E-state index in [1.54, 1.807) is 24.4 Å². The van der Waals surface area contributed by atoms with Gasteiger partial charge < -0.3 is 9.80 Å². The SMILES string of the molecule is N#Cc1ccnc(N2CCC3CCN(c4cccc(C(F)(F)F)n4)CC32)c1. The van der Waals surface area contributed by atoms with E-state index in [0.29, 0.717) is 30.4 Å². The minimum Gasteiger partial charge on any atom is -0.355 e. The maximum atomic E-state index is 13.0. The molecule has 0 saturated carbocycles. The molecule has 4 rings (SSSR count). The van der Waals surface area contributed by atoms with Crippen molar-refractivity contribution in [2.45, 2.75) is 25.1 Å². The summed E-state index contributed by atoms with van der Waals surface area (Å²) in [5.41, 5.74) is -0.315. The summed E-state index contributed by atoms with van der Waals surface area (Å²) in [6.45, 7) is 2.12. The fourth-order valence-corrected chi connectivity index (χ4v) is 4.04. The van der Waals surface area contributed by atoms with Crippen LogP contribution in [0.1, 0.15) is 24.1 Å². The number of hydrogen-bond donors (Lipinski definition) is 0. The number of aromatic nitrogens is 2. The minimum atomic E-state index is -4.45. The van der Waals surface area contributed by atoms with Gasteiger partial charge in [-0.15, -0.1) is 0 Å². The van der Waals surface area contributed by atoms with E-state index in [1.807, 2.05) is 4.90 Å². The van der Waals surface area contributed by atoms with Crippen LogP contribution in [0.3, 0.4) is 0 Å². The number of anilines is 2. The van der Waals surface area contributed by atoms with Crippen molar-refractivity contribution >= 4 is 11.6 Å². The summed E-state index contributed by atoms with van der Waals surface area (Å²) < 4.78 is 38.9. The van der Waals surface area contributed by atoms with Crippen LogP contribution in [0.5, 0.6) is 0 Å². The van der Waals surface area contributed by atoms with E-state index in [-0.39, 0.29) is 6.04 Å². The number of piperidine rings is 1. The molecule has 5 nitrogen and oxygen atoms in total. The van der Waals surface area contributed by atoms with Crippen molar-refractivity contribution in [2.75, 3.05) is 29.4 Å². The summed E-state index contributed by atoms with van der Waals surface area (Å²) >= 11 is 0. The lowest BCUT2D eigenvalue weighted by Crippen LogP contribution is -2.49. The fourth-order valence-electron chi connectivity index (χ4n) is 4.04. The molecule has 0 spiro atoms. The Morgan fingerprint density at radius 2 is 1.93 bits per heavy atom. The van der Waals surface area contributed by atoms with Crippen molar-refractivity contribution in [3.8, 4) is 6.07 Å². The highest BCUT2D eigenvalue weighted by molar-refractivity contribution is 5.49. The molecule has 0 aliphatic carbocycles. The first-order valence-corrected chi connectivity index (χ1v) is 8.88. The van der Waals surface area contributed by atoms with Gasteiger partial charge in [-0.2, -0.15) is 18.4 Å². The van der Waals surface area contributed by atoms with Gasteiger partial charge in [-0.05, 0) is 43.0 Å². The maximum absolute atomic E-state index is 13.0. The molecule has 2 atom stereocenters. The fraction of sp³-hybridized carbons (Fsp3) is 0.421. The summed E-state index contributed by atoms with van der Waals surface area (Å²) in [7, 11) is 0. The summed E-state index contributed by atoms with van der Waals surface area (Å²) in [6.07, 6.45) is -0.907. The molecular formula is C19H18F3N5. The van der Waals surface area contributed by atoms with E-state index in [9.17, 15) is 13.2 Å². The van der Waals surface area contributed by atoms with Gasteiger partial charge in [0.25, 0.3) is 0 Å². The molecule has 0 radical (unpaired) electrons. The van der Waals surface area contributed by atoms with Gasteiger partial charge >= 0.3 is 6.18 Å². The summed E-state index contributed by atoms with van der Waals surface area (Å²) in [5.74, 6) is 1.58. The molecule has 2 unspecified atom stereocenters. The van der Waals surface area contributed by atoms with Crippen LogP contribution in [0, 0.1) is 17.2 Å². The summed E-state index contributed by atoms with van der Waals surface area (Å²) in [6, 6.07) is 9.73. The average Bonchev–Trinajstić information content (AvgIpc) is 3.10. The largest absolute Gasteiger partial charge is 0.433 e. The molecule has 140 valence electrons. The Morgan fingerprint density at radius 1 is 1.11 bits per heavy atom. The Morgan fingerprint density at radius 3 is 2.70 bits per heavy atom. The second kappa shape index (κ2) is 6.72. The highest BCUT2D eigenvalue weighted by Crippen LogP contribution is 2.36. The molecule has 2 aliphatic heterocycles. The zero-order valence-electron chi connectivity index (χ0n) is 14.5. The molecule has 2 aromatic heterocycles. The van der Waals surface area contributed by atoms with Gasteiger partial charge in [0.2, 0.25) is 0 Å². The average molecular weight is 373 g/mol. The molecule has 0 amide bonds. The highest BCUT2D eigenvalue weighted by atomic mass is 19.4. The lowest BCUT2D eigenvalue weighted by atomic mass is 9.92. The number of rotatable bonds is 2. The van der Waals surface area contributed by atoms with Crippen LogP contribution < -0.4 is 9.80 Å². The number of pyridine rings is 2. The molecule has 2 saturated heterocycles. The predicted octanol–water partition coefficient (Wildman–Crippen LogP) is 3.47. The first-order chi connectivity index (χ1) is 13.0. The molecule has 0 aromatic carbocycles. The van der Waals surface area contributed by atoms with E-state index in [2.05, 4.69) is 20.9 Å². The molecule has 2 fully saturated rings. The summed E-state index contributed by atoms with van der Waals surface area (Å²) in [5, 5.41) is 9.12. The number of fused-ring (bicyclic) bond motifs is 1. The molecule has 27 heavy (non-hydrogen) atoms. The van der Waals surface area contributed by atoms with E-state index >= 15 is 0 Å². The highest BCUT2D eigenvalue weighted by Gasteiger charge is 2.40. The van der Waals surface area contributed by atoms with Crippen molar-refractivity contribution in [1.82, 2.24) is 9.97 Å². The monoisotopic (exact) mass is 373 g/mol. The molecule has 2 aromatic rings. The first kappa shape index (κ1) is 17.6. The van der Waals surface area contributed by atoms with Crippen LogP contribution in [0.4, 0.5) is 24.8 Å². The van der Waals surface area contributed by atoms with Gasteiger partial charge in [-0.1, -0.05) is 6.07 Å². The number of hydrogen-bond acceptors (Lipinski definition) is 5. The third kappa shape index (κ3) is 3.42. The number of nitriles is 1. The second-order valence-electron chi connectivity index (χ2n) is 6.94. The van der Waals surface area contributed by atoms with Crippen LogP contribution in [0.2, 0.25) is 0 Å². The molecule has 8 heteroatoms. The van der Waals surface area contributed by atoms with Crippen LogP contribution >= 0.6 is 0 Å². The lowest BCUT2D eigenvalue weighted by Gasteiger charge is -2.39.